The van der Waals surface area contributed by atoms with Crippen molar-refractivity contribution in [2.45, 2.75) is 17.6 Å². The van der Waals surface area contributed by atoms with Crippen molar-refractivity contribution < 1.29 is 14.1 Å². The standard InChI is InChI=1S/C13H11BrO3S2/c1-8-2-4-10(6-11(8)13(15)16)19(17)7-9-3-5-12(14)18-9/h2-6H,7H2,1H3,(H,15,16). The molecule has 0 spiro atoms. The highest BCUT2D eigenvalue weighted by Crippen LogP contribution is 2.25. The molecule has 1 aromatic carbocycles. The molecule has 0 aliphatic heterocycles. The summed E-state index contributed by atoms with van der Waals surface area (Å²) in [5, 5.41) is 9.06. The lowest BCUT2D eigenvalue weighted by Gasteiger charge is -2.05. The van der Waals surface area contributed by atoms with Crippen LogP contribution in [-0.2, 0) is 16.6 Å². The first-order valence-corrected chi connectivity index (χ1v) is 8.37. The van der Waals surface area contributed by atoms with Crippen molar-refractivity contribution in [2.75, 3.05) is 0 Å². The Labute approximate surface area is 125 Å². The fourth-order valence-corrected chi connectivity index (χ4v) is 4.44. The van der Waals surface area contributed by atoms with Gasteiger partial charge in [0.2, 0.25) is 0 Å². The average Bonchev–Trinajstić information content (AvgIpc) is 2.74. The number of rotatable bonds is 4. The van der Waals surface area contributed by atoms with E-state index >= 15 is 0 Å². The third-order valence-corrected chi connectivity index (χ3v) is 5.76. The summed E-state index contributed by atoms with van der Waals surface area (Å²) >= 11 is 4.89. The van der Waals surface area contributed by atoms with E-state index in [1.807, 2.05) is 12.1 Å². The number of aryl methyl sites for hydroxylation is 1. The van der Waals surface area contributed by atoms with Gasteiger partial charge in [0.1, 0.15) is 0 Å². The van der Waals surface area contributed by atoms with Crippen molar-refractivity contribution in [1.82, 2.24) is 0 Å². The van der Waals surface area contributed by atoms with E-state index in [4.69, 9.17) is 5.11 Å². The van der Waals surface area contributed by atoms with Gasteiger partial charge in [0.25, 0.3) is 0 Å². The smallest absolute Gasteiger partial charge is 0.335 e. The Kier molecular flexibility index (Phi) is 4.54. The number of thiophene rings is 1. The zero-order valence-electron chi connectivity index (χ0n) is 10.1. The second-order valence-electron chi connectivity index (χ2n) is 3.98. The van der Waals surface area contributed by atoms with Crippen molar-refractivity contribution in [3.05, 3.63) is 50.1 Å². The van der Waals surface area contributed by atoms with Crippen molar-refractivity contribution in [1.29, 1.82) is 0 Å². The maximum Gasteiger partial charge on any atom is 0.335 e. The molecule has 0 saturated carbocycles. The third-order valence-electron chi connectivity index (χ3n) is 2.60. The van der Waals surface area contributed by atoms with Crippen LogP contribution in [-0.4, -0.2) is 15.3 Å². The number of carbonyl (C=O) groups is 1. The van der Waals surface area contributed by atoms with Crippen LogP contribution < -0.4 is 0 Å². The van der Waals surface area contributed by atoms with Gasteiger partial charge in [-0.3, -0.25) is 4.21 Å². The first-order chi connectivity index (χ1) is 8.97. The largest absolute Gasteiger partial charge is 0.478 e. The van der Waals surface area contributed by atoms with Crippen LogP contribution in [0.5, 0.6) is 0 Å². The molecule has 0 saturated heterocycles. The van der Waals surface area contributed by atoms with Crippen molar-refractivity contribution in [3.63, 3.8) is 0 Å². The van der Waals surface area contributed by atoms with Crippen LogP contribution in [0.2, 0.25) is 0 Å². The Morgan fingerprint density at radius 3 is 2.68 bits per heavy atom. The molecule has 2 aromatic rings. The molecule has 1 heterocycles. The number of carboxylic acids is 1. The van der Waals surface area contributed by atoms with Crippen molar-refractivity contribution in [2.24, 2.45) is 0 Å². The van der Waals surface area contributed by atoms with E-state index < -0.39 is 16.8 Å². The maximum atomic E-state index is 12.2. The minimum Gasteiger partial charge on any atom is -0.478 e. The monoisotopic (exact) mass is 358 g/mol. The second kappa shape index (κ2) is 5.98. The van der Waals surface area contributed by atoms with Crippen LogP contribution in [0.15, 0.2) is 39.0 Å². The SMILES string of the molecule is Cc1ccc(S(=O)Cc2ccc(Br)s2)cc1C(=O)O. The zero-order chi connectivity index (χ0) is 14.0. The maximum absolute atomic E-state index is 12.2. The van der Waals surface area contributed by atoms with Gasteiger partial charge in [-0.05, 0) is 52.7 Å². The van der Waals surface area contributed by atoms with Gasteiger partial charge in [-0.2, -0.15) is 0 Å². The van der Waals surface area contributed by atoms with Crippen LogP contribution in [0.3, 0.4) is 0 Å². The number of halogens is 1. The van der Waals surface area contributed by atoms with Gasteiger partial charge in [-0.1, -0.05) is 6.07 Å². The van der Waals surface area contributed by atoms with E-state index in [1.165, 1.54) is 17.4 Å². The molecule has 0 aliphatic carbocycles. The summed E-state index contributed by atoms with van der Waals surface area (Å²) in [6, 6.07) is 8.74. The lowest BCUT2D eigenvalue weighted by molar-refractivity contribution is 0.0696. The van der Waals surface area contributed by atoms with Gasteiger partial charge >= 0.3 is 5.97 Å². The molecular weight excluding hydrogens is 348 g/mol. The fourth-order valence-electron chi connectivity index (χ4n) is 1.61. The Morgan fingerprint density at radius 2 is 2.11 bits per heavy atom. The molecule has 100 valence electrons. The van der Waals surface area contributed by atoms with Crippen LogP contribution >= 0.6 is 27.3 Å². The van der Waals surface area contributed by atoms with E-state index in [0.717, 1.165) is 8.66 Å². The minimum absolute atomic E-state index is 0.207. The number of carboxylic acid groups (broad SMARTS) is 1. The summed E-state index contributed by atoms with van der Waals surface area (Å²) < 4.78 is 13.2. The van der Waals surface area contributed by atoms with Gasteiger partial charge in [0.15, 0.2) is 0 Å². The summed E-state index contributed by atoms with van der Waals surface area (Å²) in [6.45, 7) is 1.73. The number of hydrogen-bond acceptors (Lipinski definition) is 3. The molecule has 1 N–H and O–H groups in total. The molecule has 1 atom stereocenters. The predicted octanol–water partition coefficient (Wildman–Crippen LogP) is 3.83. The van der Waals surface area contributed by atoms with Crippen LogP contribution in [0, 0.1) is 6.92 Å². The van der Waals surface area contributed by atoms with Gasteiger partial charge in [-0.25, -0.2) is 4.79 Å². The summed E-state index contributed by atoms with van der Waals surface area (Å²) in [6.07, 6.45) is 0. The molecule has 0 fully saturated rings. The molecule has 6 heteroatoms. The molecule has 0 amide bonds. The lowest BCUT2D eigenvalue weighted by atomic mass is 10.1. The Hall–Kier alpha value is -0.980. The summed E-state index contributed by atoms with van der Waals surface area (Å²) in [7, 11) is -1.23. The highest BCUT2D eigenvalue weighted by atomic mass is 79.9. The van der Waals surface area contributed by atoms with E-state index in [1.54, 1.807) is 19.1 Å². The van der Waals surface area contributed by atoms with E-state index in [9.17, 15) is 9.00 Å². The Balaban J connectivity index is 2.24. The van der Waals surface area contributed by atoms with Gasteiger partial charge in [-0.15, -0.1) is 11.3 Å². The highest BCUT2D eigenvalue weighted by molar-refractivity contribution is 9.11. The first kappa shape index (κ1) is 14.4. The number of hydrogen-bond donors (Lipinski definition) is 1. The second-order valence-corrected chi connectivity index (χ2v) is 7.98. The third kappa shape index (κ3) is 3.52. The first-order valence-electron chi connectivity index (χ1n) is 5.44. The van der Waals surface area contributed by atoms with Gasteiger partial charge < -0.3 is 5.11 Å². The number of aromatic carboxylic acids is 1. The quantitative estimate of drug-likeness (QED) is 0.903. The zero-order valence-corrected chi connectivity index (χ0v) is 13.3. The minimum atomic E-state index is -1.23. The molecular formula is C13H11BrO3S2. The van der Waals surface area contributed by atoms with E-state index in [2.05, 4.69) is 15.9 Å². The average molecular weight is 359 g/mol. The Bertz CT molecular complexity index is 649. The molecule has 0 radical (unpaired) electrons. The lowest BCUT2D eigenvalue weighted by Crippen LogP contribution is -2.02. The van der Waals surface area contributed by atoms with E-state index in [-0.39, 0.29) is 5.56 Å². The summed E-state index contributed by atoms with van der Waals surface area (Å²) in [5.41, 5.74) is 0.880. The molecule has 0 bridgehead atoms. The van der Waals surface area contributed by atoms with Gasteiger partial charge in [0, 0.05) is 9.77 Å². The fraction of sp³-hybridized carbons (Fsp3) is 0.154. The molecule has 0 aliphatic rings. The van der Waals surface area contributed by atoms with Crippen molar-refractivity contribution >= 4 is 44.0 Å². The molecule has 1 unspecified atom stereocenters. The van der Waals surface area contributed by atoms with Gasteiger partial charge in [0.05, 0.1) is 25.9 Å². The number of benzene rings is 1. The normalized spacial score (nSPS) is 12.3. The summed E-state index contributed by atoms with van der Waals surface area (Å²) in [5.74, 6) is -0.589. The highest BCUT2D eigenvalue weighted by Gasteiger charge is 2.12. The van der Waals surface area contributed by atoms with Crippen LogP contribution in [0.4, 0.5) is 0 Å². The predicted molar refractivity (Wildman–Crippen MR) is 80.3 cm³/mol. The molecule has 1 aromatic heterocycles. The Morgan fingerprint density at radius 1 is 1.37 bits per heavy atom. The van der Waals surface area contributed by atoms with E-state index in [0.29, 0.717) is 16.2 Å². The molecule has 2 rings (SSSR count). The molecule has 19 heavy (non-hydrogen) atoms. The topological polar surface area (TPSA) is 54.4 Å². The van der Waals surface area contributed by atoms with Crippen molar-refractivity contribution in [3.8, 4) is 0 Å². The summed E-state index contributed by atoms with van der Waals surface area (Å²) in [4.78, 5) is 12.6. The van der Waals surface area contributed by atoms with Crippen LogP contribution in [0.1, 0.15) is 20.8 Å². The molecule has 3 nitrogen and oxygen atoms in total. The van der Waals surface area contributed by atoms with Crippen LogP contribution in [0.25, 0.3) is 0 Å².